The molecule has 0 aliphatic heterocycles. The lowest BCUT2D eigenvalue weighted by Crippen LogP contribution is -2.01. The number of aromatic nitrogens is 4. The number of fused-ring (bicyclic) bond motifs is 9. The van der Waals surface area contributed by atoms with Crippen LogP contribution in [0.4, 0.5) is 0 Å². The summed E-state index contributed by atoms with van der Waals surface area (Å²) >= 11 is 1.83. The van der Waals surface area contributed by atoms with Gasteiger partial charge in [0.25, 0.3) is 0 Å². The second kappa shape index (κ2) is 14.2. The molecule has 0 atom stereocenters. The van der Waals surface area contributed by atoms with Crippen LogP contribution in [-0.4, -0.2) is 19.5 Å². The van der Waals surface area contributed by atoms with Crippen LogP contribution in [0.25, 0.3) is 126 Å². The average Bonchev–Trinajstić information content (AvgIpc) is 4.03. The molecule has 9 aromatic carbocycles. The zero-order valence-corrected chi connectivity index (χ0v) is 34.6. The molecule has 0 saturated heterocycles. The summed E-state index contributed by atoms with van der Waals surface area (Å²) in [6, 6.07) is 72.7. The van der Waals surface area contributed by atoms with Gasteiger partial charge in [-0.1, -0.05) is 152 Å². The lowest BCUT2D eigenvalue weighted by atomic mass is 9.96. The molecule has 0 unspecified atom stereocenters. The highest BCUT2D eigenvalue weighted by Crippen LogP contribution is 2.45. The van der Waals surface area contributed by atoms with Gasteiger partial charge in [-0.3, -0.25) is 0 Å². The third kappa shape index (κ3) is 5.80. The number of hydrogen-bond acceptors (Lipinski definition) is 5. The van der Waals surface area contributed by atoms with Crippen LogP contribution in [0.5, 0.6) is 0 Å². The highest BCUT2D eigenvalue weighted by molar-refractivity contribution is 7.26. The molecule has 0 saturated carbocycles. The second-order valence-electron chi connectivity index (χ2n) is 15.9. The standard InChI is InChI=1S/C57H34N4OS/c1-2-15-35(16-3-1)36-17-14-18-37(31-36)55-58-56(38-29-30-44-43-22-8-12-27-51(43)62-52(44)32-38)60-57(59-55)46-24-5-4-19-40(46)47-33-39(34-48-45-23-9-13-28-53(45)63-54(47)48)61-49-25-10-6-20-41(49)42-21-7-11-26-50(42)61/h1-34H. The maximum absolute atomic E-state index is 6.38. The van der Waals surface area contributed by atoms with Crippen molar-refractivity contribution in [2.75, 3.05) is 0 Å². The summed E-state index contributed by atoms with van der Waals surface area (Å²) in [6.07, 6.45) is 0. The van der Waals surface area contributed by atoms with E-state index in [1.807, 2.05) is 35.6 Å². The first-order valence-electron chi connectivity index (χ1n) is 21.1. The van der Waals surface area contributed by atoms with Gasteiger partial charge < -0.3 is 8.98 Å². The summed E-state index contributed by atoms with van der Waals surface area (Å²) in [4.78, 5) is 15.9. The van der Waals surface area contributed by atoms with Crippen molar-refractivity contribution in [3.05, 3.63) is 206 Å². The van der Waals surface area contributed by atoms with Gasteiger partial charge in [-0.25, -0.2) is 15.0 Å². The lowest BCUT2D eigenvalue weighted by molar-refractivity contribution is 0.669. The monoisotopic (exact) mass is 822 g/mol. The van der Waals surface area contributed by atoms with Crippen molar-refractivity contribution in [1.29, 1.82) is 0 Å². The van der Waals surface area contributed by atoms with Crippen LogP contribution in [0.15, 0.2) is 211 Å². The first kappa shape index (κ1) is 35.6. The zero-order valence-electron chi connectivity index (χ0n) is 33.7. The van der Waals surface area contributed by atoms with Gasteiger partial charge in [-0.05, 0) is 71.3 Å². The molecule has 294 valence electrons. The molecule has 6 heteroatoms. The van der Waals surface area contributed by atoms with Gasteiger partial charge >= 0.3 is 0 Å². The van der Waals surface area contributed by atoms with Crippen LogP contribution in [0.1, 0.15) is 0 Å². The molecule has 0 amide bonds. The molecule has 63 heavy (non-hydrogen) atoms. The number of para-hydroxylation sites is 3. The fraction of sp³-hybridized carbons (Fsp3) is 0. The van der Waals surface area contributed by atoms with Crippen molar-refractivity contribution in [2.45, 2.75) is 0 Å². The predicted octanol–water partition coefficient (Wildman–Crippen LogP) is 15.6. The van der Waals surface area contributed by atoms with Crippen LogP contribution in [0.3, 0.4) is 0 Å². The van der Waals surface area contributed by atoms with Gasteiger partial charge in [0, 0.05) is 69.7 Å². The minimum atomic E-state index is 0.573. The van der Waals surface area contributed by atoms with Crippen molar-refractivity contribution in [2.24, 2.45) is 0 Å². The molecule has 0 fully saturated rings. The Balaban J connectivity index is 1.06. The second-order valence-corrected chi connectivity index (χ2v) is 17.0. The Morgan fingerprint density at radius 3 is 1.73 bits per heavy atom. The molecule has 4 aromatic heterocycles. The molecule has 0 spiro atoms. The number of furan rings is 1. The van der Waals surface area contributed by atoms with Gasteiger partial charge in [0.15, 0.2) is 17.5 Å². The van der Waals surface area contributed by atoms with E-state index in [1.165, 1.54) is 42.0 Å². The lowest BCUT2D eigenvalue weighted by Gasteiger charge is -2.15. The van der Waals surface area contributed by atoms with E-state index in [0.29, 0.717) is 17.5 Å². The molecule has 5 nitrogen and oxygen atoms in total. The molecule has 0 aliphatic rings. The minimum absolute atomic E-state index is 0.573. The van der Waals surface area contributed by atoms with E-state index >= 15 is 0 Å². The Kier molecular flexibility index (Phi) is 8.01. The number of nitrogens with zero attached hydrogens (tertiary/aromatic N) is 4. The maximum atomic E-state index is 6.38. The third-order valence-electron chi connectivity index (χ3n) is 12.3. The molecular weight excluding hydrogens is 789 g/mol. The van der Waals surface area contributed by atoms with Gasteiger partial charge in [0.2, 0.25) is 0 Å². The summed E-state index contributed by atoms with van der Waals surface area (Å²) < 4.78 is 11.2. The molecular formula is C57H34N4OS. The van der Waals surface area contributed by atoms with Crippen molar-refractivity contribution in [3.63, 3.8) is 0 Å². The Morgan fingerprint density at radius 1 is 0.349 bits per heavy atom. The largest absolute Gasteiger partial charge is 0.456 e. The third-order valence-corrected chi connectivity index (χ3v) is 13.5. The zero-order chi connectivity index (χ0) is 41.4. The van der Waals surface area contributed by atoms with E-state index in [9.17, 15) is 0 Å². The normalized spacial score (nSPS) is 11.8. The van der Waals surface area contributed by atoms with Crippen LogP contribution in [0.2, 0.25) is 0 Å². The van der Waals surface area contributed by atoms with Crippen LogP contribution in [0, 0.1) is 0 Å². The van der Waals surface area contributed by atoms with E-state index in [4.69, 9.17) is 19.4 Å². The Bertz CT molecular complexity index is 3880. The highest BCUT2D eigenvalue weighted by Gasteiger charge is 2.22. The van der Waals surface area contributed by atoms with E-state index in [1.54, 1.807) is 0 Å². The maximum Gasteiger partial charge on any atom is 0.164 e. The molecule has 0 bridgehead atoms. The van der Waals surface area contributed by atoms with E-state index < -0.39 is 0 Å². The fourth-order valence-electron chi connectivity index (χ4n) is 9.34. The number of thiophene rings is 1. The van der Waals surface area contributed by atoms with Gasteiger partial charge in [-0.15, -0.1) is 11.3 Å². The Morgan fingerprint density at radius 2 is 0.937 bits per heavy atom. The van der Waals surface area contributed by atoms with Crippen molar-refractivity contribution in [1.82, 2.24) is 19.5 Å². The summed E-state index contributed by atoms with van der Waals surface area (Å²) in [5, 5.41) is 7.05. The predicted molar refractivity (Wildman–Crippen MR) is 262 cm³/mol. The fourth-order valence-corrected chi connectivity index (χ4v) is 10.6. The topological polar surface area (TPSA) is 56.7 Å². The Labute approximate surface area is 365 Å². The van der Waals surface area contributed by atoms with Crippen LogP contribution < -0.4 is 0 Å². The highest BCUT2D eigenvalue weighted by atomic mass is 32.1. The summed E-state index contributed by atoms with van der Waals surface area (Å²) in [6.45, 7) is 0. The molecule has 13 rings (SSSR count). The van der Waals surface area contributed by atoms with Crippen molar-refractivity contribution < 1.29 is 4.42 Å². The molecule has 0 N–H and O–H groups in total. The van der Waals surface area contributed by atoms with E-state index in [0.717, 1.165) is 66.6 Å². The van der Waals surface area contributed by atoms with Crippen LogP contribution >= 0.6 is 11.3 Å². The molecule has 13 aromatic rings. The number of benzene rings is 9. The molecule has 4 heterocycles. The summed E-state index contributed by atoms with van der Waals surface area (Å²) in [5.74, 6) is 1.76. The minimum Gasteiger partial charge on any atom is -0.456 e. The number of hydrogen-bond donors (Lipinski definition) is 0. The van der Waals surface area contributed by atoms with Gasteiger partial charge in [0.1, 0.15) is 11.2 Å². The molecule has 0 aliphatic carbocycles. The van der Waals surface area contributed by atoms with Gasteiger partial charge in [-0.2, -0.15) is 0 Å². The van der Waals surface area contributed by atoms with Crippen molar-refractivity contribution >= 4 is 75.3 Å². The quantitative estimate of drug-likeness (QED) is 0.168. The van der Waals surface area contributed by atoms with E-state index in [2.05, 4.69) is 187 Å². The Hall–Kier alpha value is -8.19. The smallest absolute Gasteiger partial charge is 0.164 e. The van der Waals surface area contributed by atoms with E-state index in [-0.39, 0.29) is 0 Å². The summed E-state index contributed by atoms with van der Waals surface area (Å²) in [5.41, 5.74) is 12.1. The first-order valence-corrected chi connectivity index (χ1v) is 21.9. The van der Waals surface area contributed by atoms with Crippen LogP contribution in [-0.2, 0) is 0 Å². The SMILES string of the molecule is c1ccc(-c2cccc(-c3nc(-c4ccc5c(c4)oc4ccccc45)nc(-c4ccccc4-c4cc(-n5c6ccccc6c6ccccc65)cc5c4sc4ccccc45)n3)c2)cc1. The average molecular weight is 823 g/mol. The first-order chi connectivity index (χ1) is 31.2. The van der Waals surface area contributed by atoms with Gasteiger partial charge in [0.05, 0.1) is 11.0 Å². The van der Waals surface area contributed by atoms with Crippen molar-refractivity contribution in [3.8, 4) is 62.1 Å². The number of rotatable bonds is 6. The molecule has 0 radical (unpaired) electrons. The summed E-state index contributed by atoms with van der Waals surface area (Å²) in [7, 11) is 0.